The Morgan fingerprint density at radius 1 is 1.30 bits per heavy atom. The molecule has 20 heavy (non-hydrogen) atoms. The zero-order valence-electron chi connectivity index (χ0n) is 10.9. The molecule has 1 aromatic heterocycles. The van der Waals surface area contributed by atoms with Crippen LogP contribution in [0.1, 0.15) is 27.6 Å². The van der Waals surface area contributed by atoms with Crippen molar-refractivity contribution in [2.75, 3.05) is 6.61 Å². The van der Waals surface area contributed by atoms with Gasteiger partial charge in [0.05, 0.1) is 6.61 Å². The number of rotatable bonds is 5. The molecule has 0 spiro atoms. The van der Waals surface area contributed by atoms with E-state index in [1.165, 1.54) is 6.20 Å². The maximum atomic E-state index is 11.8. The summed E-state index contributed by atoms with van der Waals surface area (Å²) in [5.41, 5.74) is 0.724. The highest BCUT2D eigenvalue weighted by Crippen LogP contribution is 2.23. The highest BCUT2D eigenvalue weighted by atomic mass is 16.5. The third-order valence-electron chi connectivity index (χ3n) is 2.48. The molecule has 0 radical (unpaired) electrons. The number of benzene rings is 1. The van der Waals surface area contributed by atoms with Crippen molar-refractivity contribution in [3.05, 3.63) is 53.7 Å². The number of hydrogen-bond acceptors (Lipinski definition) is 5. The van der Waals surface area contributed by atoms with Crippen LogP contribution in [0, 0.1) is 0 Å². The summed E-state index contributed by atoms with van der Waals surface area (Å²) in [5, 5.41) is 0. The molecular formula is C15H13NO4. The van der Waals surface area contributed by atoms with Gasteiger partial charge in [-0.1, -0.05) is 12.1 Å². The van der Waals surface area contributed by atoms with Crippen LogP contribution in [-0.2, 0) is 4.74 Å². The second-order valence-electron chi connectivity index (χ2n) is 3.87. The van der Waals surface area contributed by atoms with E-state index in [1.54, 1.807) is 43.3 Å². The Kier molecular flexibility index (Phi) is 4.44. The molecule has 1 aromatic carbocycles. The van der Waals surface area contributed by atoms with E-state index in [0.29, 0.717) is 11.3 Å². The third-order valence-corrected chi connectivity index (χ3v) is 2.48. The van der Waals surface area contributed by atoms with Gasteiger partial charge in [-0.2, -0.15) is 0 Å². The van der Waals surface area contributed by atoms with Crippen molar-refractivity contribution in [3.63, 3.8) is 0 Å². The fourth-order valence-corrected chi connectivity index (χ4v) is 1.60. The Bertz CT molecular complexity index is 625. The molecule has 5 heteroatoms. The van der Waals surface area contributed by atoms with Gasteiger partial charge in [-0.15, -0.1) is 0 Å². The number of pyridine rings is 1. The molecule has 0 fully saturated rings. The monoisotopic (exact) mass is 271 g/mol. The minimum Gasteiger partial charge on any atom is -0.462 e. The third kappa shape index (κ3) is 3.20. The van der Waals surface area contributed by atoms with E-state index in [4.69, 9.17) is 9.47 Å². The average Bonchev–Trinajstić information content (AvgIpc) is 2.48. The summed E-state index contributed by atoms with van der Waals surface area (Å²) in [6.07, 6.45) is 2.24. The molecule has 0 amide bonds. The maximum Gasteiger partial charge on any atom is 0.343 e. The molecule has 0 saturated heterocycles. The molecule has 0 aliphatic rings. The summed E-state index contributed by atoms with van der Waals surface area (Å²) in [6.45, 7) is 2.00. The van der Waals surface area contributed by atoms with Crippen LogP contribution in [0.3, 0.4) is 0 Å². The van der Waals surface area contributed by atoms with E-state index in [-0.39, 0.29) is 18.1 Å². The first-order chi connectivity index (χ1) is 9.74. The molecule has 0 saturated carbocycles. The number of nitrogens with zero attached hydrogens (tertiary/aromatic N) is 1. The lowest BCUT2D eigenvalue weighted by molar-refractivity contribution is 0.0522. The Morgan fingerprint density at radius 2 is 2.15 bits per heavy atom. The number of hydrogen-bond donors (Lipinski definition) is 0. The first kappa shape index (κ1) is 13.7. The fraction of sp³-hybridized carbons (Fsp3) is 0.133. The Morgan fingerprint density at radius 3 is 2.90 bits per heavy atom. The van der Waals surface area contributed by atoms with Crippen LogP contribution in [0.2, 0.25) is 0 Å². The van der Waals surface area contributed by atoms with Crippen molar-refractivity contribution in [1.29, 1.82) is 0 Å². The molecule has 0 bridgehead atoms. The van der Waals surface area contributed by atoms with Gasteiger partial charge in [0.1, 0.15) is 17.6 Å². The Balaban J connectivity index is 2.28. The van der Waals surface area contributed by atoms with E-state index >= 15 is 0 Å². The van der Waals surface area contributed by atoms with Crippen LogP contribution in [-0.4, -0.2) is 23.8 Å². The number of carbonyl (C=O) groups excluding carboxylic acids is 2. The minimum atomic E-state index is -0.498. The number of aldehydes is 1. The molecular weight excluding hydrogens is 258 g/mol. The molecule has 0 atom stereocenters. The van der Waals surface area contributed by atoms with Crippen molar-refractivity contribution in [1.82, 2.24) is 4.98 Å². The van der Waals surface area contributed by atoms with Crippen molar-refractivity contribution in [3.8, 4) is 11.6 Å². The molecule has 0 aliphatic carbocycles. The van der Waals surface area contributed by atoms with Gasteiger partial charge in [0, 0.05) is 11.8 Å². The molecule has 2 rings (SSSR count). The van der Waals surface area contributed by atoms with E-state index in [2.05, 4.69) is 4.98 Å². The smallest absolute Gasteiger partial charge is 0.343 e. The number of aromatic nitrogens is 1. The largest absolute Gasteiger partial charge is 0.462 e. The quantitative estimate of drug-likeness (QED) is 0.618. The van der Waals surface area contributed by atoms with Gasteiger partial charge in [0.25, 0.3) is 0 Å². The summed E-state index contributed by atoms with van der Waals surface area (Å²) in [6, 6.07) is 9.79. The fourth-order valence-electron chi connectivity index (χ4n) is 1.60. The summed E-state index contributed by atoms with van der Waals surface area (Å²) in [4.78, 5) is 26.5. The van der Waals surface area contributed by atoms with Crippen LogP contribution >= 0.6 is 0 Å². The van der Waals surface area contributed by atoms with E-state index in [1.807, 2.05) is 0 Å². The van der Waals surface area contributed by atoms with Gasteiger partial charge < -0.3 is 9.47 Å². The van der Waals surface area contributed by atoms with Crippen molar-refractivity contribution >= 4 is 12.3 Å². The zero-order chi connectivity index (χ0) is 14.4. The van der Waals surface area contributed by atoms with Crippen LogP contribution < -0.4 is 4.74 Å². The molecule has 1 heterocycles. The van der Waals surface area contributed by atoms with Gasteiger partial charge in [-0.3, -0.25) is 4.79 Å². The van der Waals surface area contributed by atoms with Crippen LogP contribution in [0.15, 0.2) is 42.6 Å². The predicted molar refractivity (Wildman–Crippen MR) is 72.1 cm³/mol. The Hall–Kier alpha value is -2.69. The van der Waals surface area contributed by atoms with E-state index in [0.717, 1.165) is 6.29 Å². The number of esters is 1. The van der Waals surface area contributed by atoms with E-state index < -0.39 is 5.97 Å². The summed E-state index contributed by atoms with van der Waals surface area (Å²) < 4.78 is 10.5. The number of carbonyl (C=O) groups is 2. The van der Waals surface area contributed by atoms with Crippen LogP contribution in [0.5, 0.6) is 11.6 Å². The average molecular weight is 271 g/mol. The molecule has 102 valence electrons. The molecule has 0 N–H and O–H groups in total. The van der Waals surface area contributed by atoms with Gasteiger partial charge in [0.15, 0.2) is 0 Å². The first-order valence-electron chi connectivity index (χ1n) is 6.10. The lowest BCUT2D eigenvalue weighted by Crippen LogP contribution is -2.07. The highest BCUT2D eigenvalue weighted by Gasteiger charge is 2.15. The summed E-state index contributed by atoms with van der Waals surface area (Å²) in [7, 11) is 0. The van der Waals surface area contributed by atoms with Crippen LogP contribution in [0.4, 0.5) is 0 Å². The summed E-state index contributed by atoms with van der Waals surface area (Å²) >= 11 is 0. The van der Waals surface area contributed by atoms with Crippen molar-refractivity contribution in [2.45, 2.75) is 6.92 Å². The van der Waals surface area contributed by atoms with Gasteiger partial charge >= 0.3 is 5.97 Å². The molecule has 0 unspecified atom stereocenters. The SMILES string of the molecule is CCOC(=O)c1cccnc1Oc1cccc(C=O)c1. The Labute approximate surface area is 116 Å². The van der Waals surface area contributed by atoms with E-state index in [9.17, 15) is 9.59 Å². The van der Waals surface area contributed by atoms with Crippen molar-refractivity contribution in [2.24, 2.45) is 0 Å². The zero-order valence-corrected chi connectivity index (χ0v) is 10.9. The minimum absolute atomic E-state index is 0.147. The second kappa shape index (κ2) is 6.47. The summed E-state index contributed by atoms with van der Waals surface area (Å²) in [5.74, 6) is 0.0787. The first-order valence-corrected chi connectivity index (χ1v) is 6.10. The standard InChI is InChI=1S/C15H13NO4/c1-2-19-15(18)13-7-4-8-16-14(13)20-12-6-3-5-11(9-12)10-17/h3-10H,2H2,1H3. The second-order valence-corrected chi connectivity index (χ2v) is 3.87. The van der Waals surface area contributed by atoms with Crippen LogP contribution in [0.25, 0.3) is 0 Å². The van der Waals surface area contributed by atoms with Gasteiger partial charge in [-0.25, -0.2) is 9.78 Å². The highest BCUT2D eigenvalue weighted by molar-refractivity contribution is 5.91. The van der Waals surface area contributed by atoms with Crippen molar-refractivity contribution < 1.29 is 19.1 Å². The molecule has 5 nitrogen and oxygen atoms in total. The lowest BCUT2D eigenvalue weighted by Gasteiger charge is -2.09. The lowest BCUT2D eigenvalue weighted by atomic mass is 10.2. The number of ether oxygens (including phenoxy) is 2. The maximum absolute atomic E-state index is 11.8. The topological polar surface area (TPSA) is 65.5 Å². The normalized spacial score (nSPS) is 9.85. The molecule has 2 aromatic rings. The van der Waals surface area contributed by atoms with Gasteiger partial charge in [0.2, 0.25) is 5.88 Å². The molecule has 0 aliphatic heterocycles. The predicted octanol–water partition coefficient (Wildman–Crippen LogP) is 2.86. The van der Waals surface area contributed by atoms with Gasteiger partial charge in [-0.05, 0) is 31.2 Å².